The van der Waals surface area contributed by atoms with Crippen LogP contribution in [0.1, 0.15) is 15.9 Å². The Hall–Kier alpha value is -3.85. The zero-order valence-electron chi connectivity index (χ0n) is 18.6. The van der Waals surface area contributed by atoms with E-state index < -0.39 is 11.7 Å². The number of rotatable bonds is 7. The molecule has 0 aliphatic carbocycles. The maximum absolute atomic E-state index is 14.0. The van der Waals surface area contributed by atoms with Gasteiger partial charge in [-0.25, -0.2) is 4.98 Å². The molecule has 0 bridgehead atoms. The first-order chi connectivity index (χ1) is 16.3. The summed E-state index contributed by atoms with van der Waals surface area (Å²) in [6.45, 7) is 0.562. The van der Waals surface area contributed by atoms with Gasteiger partial charge in [0.1, 0.15) is 0 Å². The number of anilines is 2. The zero-order chi connectivity index (χ0) is 24.3. The van der Waals surface area contributed by atoms with Crippen LogP contribution in [0.2, 0.25) is 0 Å². The van der Waals surface area contributed by atoms with E-state index in [2.05, 4.69) is 15.6 Å². The number of halogens is 3. The Bertz CT molecular complexity index is 1320. The number of ether oxygens (including phenoxy) is 1. The third-order valence-electron chi connectivity index (χ3n) is 5.40. The van der Waals surface area contributed by atoms with Crippen molar-refractivity contribution in [2.24, 2.45) is 0 Å². The molecule has 1 heterocycles. The van der Waals surface area contributed by atoms with Gasteiger partial charge in [0.05, 0.1) is 23.2 Å². The summed E-state index contributed by atoms with van der Waals surface area (Å²) in [7, 11) is 3.06. The van der Waals surface area contributed by atoms with Crippen molar-refractivity contribution in [3.05, 3.63) is 77.9 Å². The van der Waals surface area contributed by atoms with Crippen molar-refractivity contribution in [3.8, 4) is 11.1 Å². The van der Waals surface area contributed by atoms with E-state index >= 15 is 0 Å². The topological polar surface area (TPSA) is 68.2 Å². The van der Waals surface area contributed by atoms with Gasteiger partial charge in [0, 0.05) is 32.0 Å². The molecule has 34 heavy (non-hydrogen) atoms. The van der Waals surface area contributed by atoms with Crippen molar-refractivity contribution in [3.63, 3.8) is 0 Å². The van der Waals surface area contributed by atoms with Crippen LogP contribution in [0.5, 0.6) is 0 Å². The van der Waals surface area contributed by atoms with E-state index in [1.54, 1.807) is 59.2 Å². The maximum Gasteiger partial charge on any atom is 0.417 e. The van der Waals surface area contributed by atoms with Crippen LogP contribution >= 0.6 is 0 Å². The van der Waals surface area contributed by atoms with Crippen molar-refractivity contribution in [1.82, 2.24) is 14.9 Å². The number of fused-ring (bicyclic) bond motifs is 1. The number of hydrogen-bond donors (Lipinski definition) is 2. The van der Waals surface area contributed by atoms with Crippen molar-refractivity contribution < 1.29 is 22.7 Å². The van der Waals surface area contributed by atoms with E-state index in [-0.39, 0.29) is 24.6 Å². The quantitative estimate of drug-likeness (QED) is 0.377. The SMILES string of the molecule is CNC(=O)c1cccc(Nc2nc3cc(-c4ccccc4)c(C(F)(F)F)cc3n2CCOC)c1. The molecule has 0 aliphatic heterocycles. The van der Waals surface area contributed by atoms with Crippen LogP contribution < -0.4 is 10.6 Å². The monoisotopic (exact) mass is 468 g/mol. The molecule has 3 aromatic carbocycles. The Kier molecular flexibility index (Phi) is 6.56. The largest absolute Gasteiger partial charge is 0.417 e. The van der Waals surface area contributed by atoms with E-state index in [4.69, 9.17) is 4.74 Å². The third kappa shape index (κ3) is 4.74. The van der Waals surface area contributed by atoms with Crippen molar-refractivity contribution in [1.29, 1.82) is 0 Å². The van der Waals surface area contributed by atoms with Gasteiger partial charge in [0.25, 0.3) is 5.91 Å². The Labute approximate surface area is 194 Å². The Morgan fingerprint density at radius 2 is 1.82 bits per heavy atom. The molecule has 4 rings (SSSR count). The molecule has 0 spiro atoms. The van der Waals surface area contributed by atoms with Crippen LogP contribution in [0.3, 0.4) is 0 Å². The van der Waals surface area contributed by atoms with Crippen LogP contribution in [0, 0.1) is 0 Å². The molecular formula is C25H23F3N4O2. The number of carbonyl (C=O) groups is 1. The number of amides is 1. The first-order valence-corrected chi connectivity index (χ1v) is 10.6. The van der Waals surface area contributed by atoms with Crippen LogP contribution in [0.25, 0.3) is 22.2 Å². The Morgan fingerprint density at radius 3 is 2.50 bits per heavy atom. The van der Waals surface area contributed by atoms with Crippen LogP contribution in [-0.2, 0) is 17.5 Å². The maximum atomic E-state index is 14.0. The molecule has 0 radical (unpaired) electrons. The fourth-order valence-electron chi connectivity index (χ4n) is 3.78. The van der Waals surface area contributed by atoms with Gasteiger partial charge in [-0.3, -0.25) is 4.79 Å². The average Bonchev–Trinajstić information content (AvgIpc) is 3.17. The number of hydrogen-bond acceptors (Lipinski definition) is 4. The standard InChI is InChI=1S/C25H23F3N4O2/c1-29-23(33)17-9-6-10-18(13-17)30-24-31-21-14-19(16-7-4-3-5-8-16)20(25(26,27)28)15-22(21)32(24)11-12-34-2/h3-10,13-15H,11-12H2,1-2H3,(H,29,33)(H,30,31). The van der Waals surface area contributed by atoms with Gasteiger partial charge in [0.15, 0.2) is 0 Å². The molecule has 176 valence electrons. The minimum atomic E-state index is -4.55. The molecule has 0 saturated carbocycles. The number of benzene rings is 3. The van der Waals surface area contributed by atoms with Crippen LogP contribution in [-0.4, -0.2) is 36.2 Å². The van der Waals surface area contributed by atoms with E-state index in [0.29, 0.717) is 33.8 Å². The van der Waals surface area contributed by atoms with Crippen molar-refractivity contribution >= 4 is 28.6 Å². The van der Waals surface area contributed by atoms with E-state index in [1.165, 1.54) is 20.2 Å². The summed E-state index contributed by atoms with van der Waals surface area (Å²) in [5.74, 6) is 0.0956. The molecule has 0 atom stereocenters. The number of carbonyl (C=O) groups excluding carboxylic acids is 1. The lowest BCUT2D eigenvalue weighted by atomic mass is 9.98. The zero-order valence-corrected chi connectivity index (χ0v) is 18.6. The molecular weight excluding hydrogens is 445 g/mol. The molecule has 0 unspecified atom stereocenters. The predicted octanol–water partition coefficient (Wildman–Crippen LogP) is 5.47. The second-order valence-electron chi connectivity index (χ2n) is 7.62. The minimum absolute atomic E-state index is 0.0603. The summed E-state index contributed by atoms with van der Waals surface area (Å²) in [4.78, 5) is 16.6. The third-order valence-corrected chi connectivity index (χ3v) is 5.40. The molecule has 1 amide bonds. The first kappa shape index (κ1) is 23.3. The van der Waals surface area contributed by atoms with Gasteiger partial charge in [-0.1, -0.05) is 36.4 Å². The highest BCUT2D eigenvalue weighted by molar-refractivity contribution is 5.95. The molecule has 4 aromatic rings. The predicted molar refractivity (Wildman–Crippen MR) is 125 cm³/mol. The molecule has 0 aliphatic rings. The summed E-state index contributed by atoms with van der Waals surface area (Å²) in [6, 6.07) is 17.8. The van der Waals surface area contributed by atoms with Gasteiger partial charge < -0.3 is 19.9 Å². The highest BCUT2D eigenvalue weighted by Gasteiger charge is 2.35. The lowest BCUT2D eigenvalue weighted by Gasteiger charge is -2.15. The van der Waals surface area contributed by atoms with Crippen LogP contribution in [0.4, 0.5) is 24.8 Å². The number of nitrogens with zero attached hydrogens (tertiary/aromatic N) is 2. The molecule has 6 nitrogen and oxygen atoms in total. The lowest BCUT2D eigenvalue weighted by molar-refractivity contribution is -0.137. The number of aromatic nitrogens is 2. The van der Waals surface area contributed by atoms with Gasteiger partial charge in [-0.05, 0) is 41.5 Å². The second kappa shape index (κ2) is 9.56. The van der Waals surface area contributed by atoms with Crippen molar-refractivity contribution in [2.75, 3.05) is 26.1 Å². The molecule has 0 saturated heterocycles. The lowest BCUT2D eigenvalue weighted by Crippen LogP contribution is -2.17. The van der Waals surface area contributed by atoms with Crippen molar-refractivity contribution in [2.45, 2.75) is 12.7 Å². The van der Waals surface area contributed by atoms with Gasteiger partial charge in [-0.15, -0.1) is 0 Å². The Morgan fingerprint density at radius 1 is 1.06 bits per heavy atom. The number of alkyl halides is 3. The van der Waals surface area contributed by atoms with E-state index in [0.717, 1.165) is 6.07 Å². The summed E-state index contributed by atoms with van der Waals surface area (Å²) >= 11 is 0. The Balaban J connectivity index is 1.87. The number of methoxy groups -OCH3 is 1. The smallest absolute Gasteiger partial charge is 0.383 e. The molecule has 1 aromatic heterocycles. The fourth-order valence-corrected chi connectivity index (χ4v) is 3.78. The van der Waals surface area contributed by atoms with Gasteiger partial charge >= 0.3 is 6.18 Å². The highest BCUT2D eigenvalue weighted by atomic mass is 19.4. The first-order valence-electron chi connectivity index (χ1n) is 10.6. The van der Waals surface area contributed by atoms with Gasteiger partial charge in [-0.2, -0.15) is 13.2 Å². The number of nitrogens with one attached hydrogen (secondary N) is 2. The van der Waals surface area contributed by atoms with E-state index in [1.807, 2.05) is 0 Å². The summed E-state index contributed by atoms with van der Waals surface area (Å²) in [5, 5.41) is 5.71. The normalized spacial score (nSPS) is 11.6. The summed E-state index contributed by atoms with van der Waals surface area (Å²) in [5.41, 5.74) is 1.54. The van der Waals surface area contributed by atoms with Crippen LogP contribution in [0.15, 0.2) is 66.7 Å². The minimum Gasteiger partial charge on any atom is -0.383 e. The second-order valence-corrected chi connectivity index (χ2v) is 7.62. The fraction of sp³-hybridized carbons (Fsp3) is 0.200. The van der Waals surface area contributed by atoms with E-state index in [9.17, 15) is 18.0 Å². The van der Waals surface area contributed by atoms with Gasteiger partial charge in [0.2, 0.25) is 5.95 Å². The number of imidazole rings is 1. The molecule has 2 N–H and O–H groups in total. The highest BCUT2D eigenvalue weighted by Crippen LogP contribution is 2.40. The molecule has 9 heteroatoms. The molecule has 0 fully saturated rings. The summed E-state index contributed by atoms with van der Waals surface area (Å²) in [6.07, 6.45) is -4.55. The summed E-state index contributed by atoms with van der Waals surface area (Å²) < 4.78 is 49.0. The average molecular weight is 468 g/mol.